The molecule has 3 aromatic rings. The van der Waals surface area contributed by atoms with Crippen LogP contribution in [0.4, 0.5) is 0 Å². The number of oxazole rings is 1. The molecule has 2 aromatic carbocycles. The summed E-state index contributed by atoms with van der Waals surface area (Å²) in [6.07, 6.45) is -0.569. The average molecular weight is 368 g/mol. The van der Waals surface area contributed by atoms with E-state index in [0.717, 1.165) is 16.8 Å². The minimum absolute atomic E-state index is 0.170. The molecule has 0 radical (unpaired) electrons. The molecule has 1 amide bonds. The van der Waals surface area contributed by atoms with Gasteiger partial charge in [-0.1, -0.05) is 72.4 Å². The largest absolute Gasteiger partial charge is 0.431 e. The van der Waals surface area contributed by atoms with Gasteiger partial charge in [0.15, 0.2) is 5.76 Å². The van der Waals surface area contributed by atoms with Crippen molar-refractivity contribution in [1.29, 1.82) is 0 Å². The smallest absolute Gasteiger partial charge is 0.257 e. The van der Waals surface area contributed by atoms with Crippen molar-refractivity contribution in [2.45, 2.75) is 18.3 Å². The van der Waals surface area contributed by atoms with Crippen molar-refractivity contribution in [3.8, 4) is 22.6 Å². The van der Waals surface area contributed by atoms with Crippen LogP contribution in [0.5, 0.6) is 0 Å². The topological polar surface area (TPSA) is 75.4 Å². The third-order valence-corrected chi connectivity index (χ3v) is 4.44. The van der Waals surface area contributed by atoms with E-state index in [9.17, 15) is 9.90 Å². The first-order valence-corrected chi connectivity index (χ1v) is 9.31. The molecule has 0 aliphatic carbocycles. The summed E-state index contributed by atoms with van der Waals surface area (Å²) in [6.45, 7) is 1.86. The highest BCUT2D eigenvalue weighted by Crippen LogP contribution is 2.35. The second-order valence-electron chi connectivity index (χ2n) is 5.83. The molecule has 3 rings (SSSR count). The van der Waals surface area contributed by atoms with E-state index in [1.54, 1.807) is 6.92 Å². The zero-order valence-electron chi connectivity index (χ0n) is 14.4. The number of thioether (sulfide) groups is 1. The Kier molecular flexibility index (Phi) is 6.09. The lowest BCUT2D eigenvalue weighted by Crippen LogP contribution is -2.31. The minimum atomic E-state index is -0.569. The Morgan fingerprint density at radius 3 is 2.35 bits per heavy atom. The van der Waals surface area contributed by atoms with Crippen LogP contribution in [0, 0.1) is 0 Å². The zero-order valence-corrected chi connectivity index (χ0v) is 15.2. The number of hydrogen-bond donors (Lipinski definition) is 2. The third kappa shape index (κ3) is 4.74. The first-order valence-electron chi connectivity index (χ1n) is 8.32. The molecule has 0 spiro atoms. The molecule has 0 fully saturated rings. The van der Waals surface area contributed by atoms with Crippen molar-refractivity contribution in [3.05, 3.63) is 60.7 Å². The van der Waals surface area contributed by atoms with E-state index in [1.807, 2.05) is 60.7 Å². The molecule has 1 aromatic heterocycles. The average Bonchev–Trinajstić information content (AvgIpc) is 3.10. The Hall–Kier alpha value is -2.57. The van der Waals surface area contributed by atoms with Gasteiger partial charge in [-0.25, -0.2) is 4.98 Å². The molecule has 5 nitrogen and oxygen atoms in total. The van der Waals surface area contributed by atoms with Crippen molar-refractivity contribution < 1.29 is 14.3 Å². The van der Waals surface area contributed by atoms with Crippen LogP contribution in [-0.4, -0.2) is 34.4 Å². The summed E-state index contributed by atoms with van der Waals surface area (Å²) in [4.78, 5) is 16.4. The second kappa shape index (κ2) is 8.69. The minimum Gasteiger partial charge on any atom is -0.431 e. The maximum atomic E-state index is 11.8. The number of nitrogens with one attached hydrogen (secondary N) is 1. The standard InChI is InChI=1S/C20H20N2O3S/c1-14(23)12-21-17(24)13-26-20-22-18(15-8-4-2-5-9-15)19(25-20)16-10-6-3-7-11-16/h2-11,14,23H,12-13H2,1H3,(H,21,24)/t14-/m1/s1. The molecule has 0 aliphatic rings. The van der Waals surface area contributed by atoms with Gasteiger partial charge in [-0.3, -0.25) is 4.79 Å². The molecule has 0 bridgehead atoms. The molecule has 6 heteroatoms. The predicted molar refractivity (Wildman–Crippen MR) is 103 cm³/mol. The van der Waals surface area contributed by atoms with E-state index in [1.165, 1.54) is 11.8 Å². The molecule has 1 heterocycles. The van der Waals surface area contributed by atoms with Crippen LogP contribution in [0.1, 0.15) is 6.92 Å². The molecular weight excluding hydrogens is 348 g/mol. The first kappa shape index (κ1) is 18.2. The molecule has 26 heavy (non-hydrogen) atoms. The quantitative estimate of drug-likeness (QED) is 0.623. The van der Waals surface area contributed by atoms with Crippen molar-refractivity contribution in [2.75, 3.05) is 12.3 Å². The van der Waals surface area contributed by atoms with Gasteiger partial charge in [-0.15, -0.1) is 0 Å². The first-order chi connectivity index (χ1) is 12.6. The Bertz CT molecular complexity index is 791. The number of aliphatic hydroxyl groups is 1. The highest BCUT2D eigenvalue weighted by atomic mass is 32.2. The number of carbonyl (C=O) groups is 1. The molecule has 1 atom stereocenters. The van der Waals surface area contributed by atoms with Gasteiger partial charge in [-0.05, 0) is 6.92 Å². The fraction of sp³-hybridized carbons (Fsp3) is 0.200. The summed E-state index contributed by atoms with van der Waals surface area (Å²) in [5, 5.41) is 12.3. The predicted octanol–water partition coefficient (Wildman–Crippen LogP) is 3.60. The number of carbonyl (C=O) groups excluding carboxylic acids is 1. The summed E-state index contributed by atoms with van der Waals surface area (Å²) >= 11 is 1.23. The van der Waals surface area contributed by atoms with Gasteiger partial charge in [-0.2, -0.15) is 0 Å². The Morgan fingerprint density at radius 1 is 1.12 bits per heavy atom. The number of hydrogen-bond acceptors (Lipinski definition) is 5. The highest BCUT2D eigenvalue weighted by Gasteiger charge is 2.17. The Morgan fingerprint density at radius 2 is 1.73 bits per heavy atom. The summed E-state index contributed by atoms with van der Waals surface area (Å²) in [5.74, 6) is 0.690. The lowest BCUT2D eigenvalue weighted by atomic mass is 10.1. The lowest BCUT2D eigenvalue weighted by molar-refractivity contribution is -0.118. The number of amides is 1. The van der Waals surface area contributed by atoms with E-state index in [2.05, 4.69) is 10.3 Å². The fourth-order valence-corrected chi connectivity index (χ4v) is 3.03. The fourth-order valence-electron chi connectivity index (χ4n) is 2.38. The van der Waals surface area contributed by atoms with Crippen LogP contribution in [0.3, 0.4) is 0 Å². The van der Waals surface area contributed by atoms with Crippen LogP contribution < -0.4 is 5.32 Å². The Balaban J connectivity index is 1.82. The van der Waals surface area contributed by atoms with Gasteiger partial charge >= 0.3 is 0 Å². The van der Waals surface area contributed by atoms with Crippen LogP contribution >= 0.6 is 11.8 Å². The molecule has 0 unspecified atom stereocenters. The molecule has 0 saturated carbocycles. The van der Waals surface area contributed by atoms with Crippen molar-refractivity contribution in [2.24, 2.45) is 0 Å². The van der Waals surface area contributed by atoms with Gasteiger partial charge in [0.1, 0.15) is 5.69 Å². The van der Waals surface area contributed by atoms with Crippen molar-refractivity contribution in [3.63, 3.8) is 0 Å². The maximum absolute atomic E-state index is 11.8. The van der Waals surface area contributed by atoms with Crippen LogP contribution in [0.15, 0.2) is 70.3 Å². The molecule has 134 valence electrons. The lowest BCUT2D eigenvalue weighted by Gasteiger charge is -2.05. The number of aromatic nitrogens is 1. The number of rotatable bonds is 7. The van der Waals surface area contributed by atoms with Gasteiger partial charge in [0.05, 0.1) is 11.9 Å². The molecular formula is C20H20N2O3S. The van der Waals surface area contributed by atoms with Gasteiger partial charge in [0.2, 0.25) is 5.91 Å². The summed E-state index contributed by atoms with van der Waals surface area (Å²) in [7, 11) is 0. The SMILES string of the molecule is C[C@@H](O)CNC(=O)CSc1nc(-c2ccccc2)c(-c2ccccc2)o1. The van der Waals surface area contributed by atoms with Crippen molar-refractivity contribution >= 4 is 17.7 Å². The van der Waals surface area contributed by atoms with E-state index in [0.29, 0.717) is 11.0 Å². The van der Waals surface area contributed by atoms with Gasteiger partial charge in [0.25, 0.3) is 5.22 Å². The number of benzene rings is 2. The molecule has 0 aliphatic heterocycles. The van der Waals surface area contributed by atoms with Crippen LogP contribution in [-0.2, 0) is 4.79 Å². The number of aliphatic hydroxyl groups excluding tert-OH is 1. The van der Waals surface area contributed by atoms with E-state index >= 15 is 0 Å². The number of nitrogens with zero attached hydrogens (tertiary/aromatic N) is 1. The van der Waals surface area contributed by atoms with Gasteiger partial charge in [0, 0.05) is 17.7 Å². The molecule has 2 N–H and O–H groups in total. The summed E-state index contributed by atoms with van der Waals surface area (Å²) in [5.41, 5.74) is 2.65. The van der Waals surface area contributed by atoms with Gasteiger partial charge < -0.3 is 14.8 Å². The Labute approximate surface area is 156 Å². The molecule has 0 saturated heterocycles. The monoisotopic (exact) mass is 368 g/mol. The third-order valence-electron chi connectivity index (χ3n) is 3.61. The summed E-state index contributed by atoms with van der Waals surface area (Å²) in [6, 6.07) is 19.6. The second-order valence-corrected chi connectivity index (χ2v) is 6.76. The normalized spacial score (nSPS) is 11.9. The highest BCUT2D eigenvalue weighted by molar-refractivity contribution is 7.99. The van der Waals surface area contributed by atoms with E-state index in [4.69, 9.17) is 4.42 Å². The van der Waals surface area contributed by atoms with Crippen LogP contribution in [0.25, 0.3) is 22.6 Å². The van der Waals surface area contributed by atoms with E-state index < -0.39 is 6.10 Å². The zero-order chi connectivity index (χ0) is 18.4. The van der Waals surface area contributed by atoms with E-state index in [-0.39, 0.29) is 18.2 Å². The maximum Gasteiger partial charge on any atom is 0.257 e. The van der Waals surface area contributed by atoms with Crippen LogP contribution in [0.2, 0.25) is 0 Å². The summed E-state index contributed by atoms with van der Waals surface area (Å²) < 4.78 is 5.95. The van der Waals surface area contributed by atoms with Crippen molar-refractivity contribution in [1.82, 2.24) is 10.3 Å².